The third kappa shape index (κ3) is 2.87. The predicted molar refractivity (Wildman–Crippen MR) is 78.2 cm³/mol. The highest BCUT2D eigenvalue weighted by molar-refractivity contribution is 9.10. The summed E-state index contributed by atoms with van der Waals surface area (Å²) in [6, 6.07) is 2.26. The number of carbonyl (C=O) groups excluding carboxylic acids is 1. The fourth-order valence-corrected chi connectivity index (χ4v) is 3.55. The number of nitrogens with zero attached hydrogens (tertiary/aromatic N) is 2. The number of H-pyrrole nitrogens is 1. The molecule has 3 heterocycles. The Kier molecular flexibility index (Phi) is 3.93. The highest BCUT2D eigenvalue weighted by Gasteiger charge is 2.31. The standard InChI is InChI=1S/C14H20BrN3O/c15-11-8-13(16-9-11)14(19)18-7-3-4-12(18)10-17-5-1-2-6-17/h8-9,12,16H,1-7,10H2. The molecule has 1 unspecified atom stereocenters. The lowest BCUT2D eigenvalue weighted by Gasteiger charge is -2.28. The molecule has 19 heavy (non-hydrogen) atoms. The minimum atomic E-state index is 0.146. The zero-order chi connectivity index (χ0) is 13.2. The Bertz CT molecular complexity index is 453. The van der Waals surface area contributed by atoms with Gasteiger partial charge < -0.3 is 14.8 Å². The Labute approximate surface area is 122 Å². The quantitative estimate of drug-likeness (QED) is 0.927. The largest absolute Gasteiger partial charge is 0.356 e. The van der Waals surface area contributed by atoms with Crippen molar-refractivity contribution >= 4 is 21.8 Å². The number of likely N-dealkylation sites (tertiary alicyclic amines) is 2. The van der Waals surface area contributed by atoms with Crippen LogP contribution in [0.3, 0.4) is 0 Å². The summed E-state index contributed by atoms with van der Waals surface area (Å²) in [5.74, 6) is 0.146. The van der Waals surface area contributed by atoms with Gasteiger partial charge in [0.15, 0.2) is 0 Å². The van der Waals surface area contributed by atoms with Crippen LogP contribution in [-0.2, 0) is 0 Å². The molecule has 2 fully saturated rings. The minimum Gasteiger partial charge on any atom is -0.356 e. The number of halogens is 1. The molecule has 104 valence electrons. The summed E-state index contributed by atoms with van der Waals surface area (Å²) < 4.78 is 0.936. The number of amides is 1. The number of hydrogen-bond donors (Lipinski definition) is 1. The van der Waals surface area contributed by atoms with Crippen LogP contribution in [0.2, 0.25) is 0 Å². The van der Waals surface area contributed by atoms with E-state index in [2.05, 4.69) is 30.7 Å². The zero-order valence-electron chi connectivity index (χ0n) is 11.1. The van der Waals surface area contributed by atoms with Crippen molar-refractivity contribution in [2.45, 2.75) is 31.7 Å². The van der Waals surface area contributed by atoms with E-state index in [4.69, 9.17) is 0 Å². The molecule has 4 nitrogen and oxygen atoms in total. The van der Waals surface area contributed by atoms with Crippen LogP contribution in [0.15, 0.2) is 16.7 Å². The van der Waals surface area contributed by atoms with Crippen molar-refractivity contribution in [2.75, 3.05) is 26.2 Å². The molecule has 5 heteroatoms. The molecule has 0 radical (unpaired) electrons. The average Bonchev–Trinajstić information content (AvgIpc) is 3.10. The van der Waals surface area contributed by atoms with E-state index in [9.17, 15) is 4.79 Å². The maximum Gasteiger partial charge on any atom is 0.270 e. The third-order valence-corrected chi connectivity index (χ3v) is 4.64. The van der Waals surface area contributed by atoms with Crippen LogP contribution < -0.4 is 0 Å². The lowest BCUT2D eigenvalue weighted by atomic mass is 10.2. The van der Waals surface area contributed by atoms with Gasteiger partial charge in [-0.15, -0.1) is 0 Å². The predicted octanol–water partition coefficient (Wildman–Crippen LogP) is 2.48. The molecule has 1 atom stereocenters. The summed E-state index contributed by atoms with van der Waals surface area (Å²) in [6.07, 6.45) is 6.71. The fraction of sp³-hybridized carbons (Fsp3) is 0.643. The van der Waals surface area contributed by atoms with Crippen LogP contribution in [0.4, 0.5) is 0 Å². The molecule has 1 amide bonds. The normalized spacial score (nSPS) is 24.3. The van der Waals surface area contributed by atoms with Gasteiger partial charge in [0.1, 0.15) is 5.69 Å². The summed E-state index contributed by atoms with van der Waals surface area (Å²) in [5, 5.41) is 0. The highest BCUT2D eigenvalue weighted by Crippen LogP contribution is 2.23. The third-order valence-electron chi connectivity index (χ3n) is 4.18. The molecule has 3 rings (SSSR count). The molecular formula is C14H20BrN3O. The van der Waals surface area contributed by atoms with Crippen molar-refractivity contribution in [1.29, 1.82) is 0 Å². The van der Waals surface area contributed by atoms with Crippen LogP contribution >= 0.6 is 15.9 Å². The van der Waals surface area contributed by atoms with Crippen LogP contribution in [0.5, 0.6) is 0 Å². The number of nitrogens with one attached hydrogen (secondary N) is 1. The Morgan fingerprint density at radius 2 is 2.11 bits per heavy atom. The van der Waals surface area contributed by atoms with Gasteiger partial charge in [-0.25, -0.2) is 0 Å². The van der Waals surface area contributed by atoms with E-state index in [1.807, 2.05) is 12.3 Å². The van der Waals surface area contributed by atoms with E-state index in [0.717, 1.165) is 30.4 Å². The number of carbonyl (C=O) groups is 1. The van der Waals surface area contributed by atoms with Gasteiger partial charge in [0.25, 0.3) is 5.91 Å². The Hall–Kier alpha value is -0.810. The van der Waals surface area contributed by atoms with E-state index >= 15 is 0 Å². The van der Waals surface area contributed by atoms with Crippen LogP contribution in [0.25, 0.3) is 0 Å². The second kappa shape index (κ2) is 5.67. The van der Waals surface area contributed by atoms with Gasteiger partial charge in [-0.2, -0.15) is 0 Å². The van der Waals surface area contributed by atoms with Crippen molar-refractivity contribution in [2.24, 2.45) is 0 Å². The smallest absolute Gasteiger partial charge is 0.270 e. The maximum absolute atomic E-state index is 12.5. The lowest BCUT2D eigenvalue weighted by Crippen LogP contribution is -2.42. The molecule has 0 spiro atoms. The first-order chi connectivity index (χ1) is 9.24. The van der Waals surface area contributed by atoms with Crippen molar-refractivity contribution in [3.63, 3.8) is 0 Å². The molecule has 2 aliphatic heterocycles. The van der Waals surface area contributed by atoms with Gasteiger partial charge in [0, 0.05) is 29.8 Å². The molecule has 2 saturated heterocycles. The molecule has 1 aromatic heterocycles. The zero-order valence-corrected chi connectivity index (χ0v) is 12.7. The Morgan fingerprint density at radius 3 is 2.79 bits per heavy atom. The molecule has 1 aromatic rings. The summed E-state index contributed by atoms with van der Waals surface area (Å²) in [7, 11) is 0. The van der Waals surface area contributed by atoms with Gasteiger partial charge in [0.05, 0.1) is 0 Å². The monoisotopic (exact) mass is 325 g/mol. The molecule has 1 N–H and O–H groups in total. The lowest BCUT2D eigenvalue weighted by molar-refractivity contribution is 0.0703. The fourth-order valence-electron chi connectivity index (χ4n) is 3.20. The Morgan fingerprint density at radius 1 is 1.32 bits per heavy atom. The average molecular weight is 326 g/mol. The highest BCUT2D eigenvalue weighted by atomic mass is 79.9. The van der Waals surface area contributed by atoms with E-state index in [1.54, 1.807) is 0 Å². The van der Waals surface area contributed by atoms with Crippen molar-refractivity contribution in [1.82, 2.24) is 14.8 Å². The SMILES string of the molecule is O=C(c1cc(Br)c[nH]1)N1CCCC1CN1CCCC1. The van der Waals surface area contributed by atoms with Gasteiger partial charge in [-0.05, 0) is 60.8 Å². The van der Waals surface area contributed by atoms with E-state index in [1.165, 1.54) is 25.9 Å². The minimum absolute atomic E-state index is 0.146. The van der Waals surface area contributed by atoms with Crippen molar-refractivity contribution < 1.29 is 4.79 Å². The van der Waals surface area contributed by atoms with Gasteiger partial charge >= 0.3 is 0 Å². The maximum atomic E-state index is 12.5. The summed E-state index contributed by atoms with van der Waals surface area (Å²) in [5.41, 5.74) is 0.695. The first kappa shape index (κ1) is 13.2. The summed E-state index contributed by atoms with van der Waals surface area (Å²) in [6.45, 7) is 4.35. The topological polar surface area (TPSA) is 39.3 Å². The van der Waals surface area contributed by atoms with Crippen molar-refractivity contribution in [3.8, 4) is 0 Å². The summed E-state index contributed by atoms with van der Waals surface area (Å²) in [4.78, 5) is 20.1. The number of hydrogen-bond acceptors (Lipinski definition) is 2. The van der Waals surface area contributed by atoms with Gasteiger partial charge in [-0.3, -0.25) is 4.79 Å². The van der Waals surface area contributed by atoms with Gasteiger partial charge in [-0.1, -0.05) is 0 Å². The van der Waals surface area contributed by atoms with E-state index in [-0.39, 0.29) is 5.91 Å². The van der Waals surface area contributed by atoms with E-state index < -0.39 is 0 Å². The van der Waals surface area contributed by atoms with E-state index in [0.29, 0.717) is 11.7 Å². The first-order valence-electron chi connectivity index (χ1n) is 7.11. The number of aromatic nitrogens is 1. The number of aromatic amines is 1. The molecule has 0 saturated carbocycles. The molecule has 0 aromatic carbocycles. The second-order valence-corrected chi connectivity index (χ2v) is 6.45. The molecular weight excluding hydrogens is 306 g/mol. The summed E-state index contributed by atoms with van der Waals surface area (Å²) >= 11 is 3.38. The van der Waals surface area contributed by atoms with Crippen molar-refractivity contribution in [3.05, 3.63) is 22.4 Å². The van der Waals surface area contributed by atoms with Crippen LogP contribution in [-0.4, -0.2) is 52.9 Å². The first-order valence-corrected chi connectivity index (χ1v) is 7.90. The molecule has 0 bridgehead atoms. The Balaban J connectivity index is 1.66. The molecule has 0 aliphatic carbocycles. The number of rotatable bonds is 3. The van der Waals surface area contributed by atoms with Crippen LogP contribution in [0, 0.1) is 0 Å². The molecule has 2 aliphatic rings. The van der Waals surface area contributed by atoms with Crippen LogP contribution in [0.1, 0.15) is 36.2 Å². The van der Waals surface area contributed by atoms with Gasteiger partial charge in [0.2, 0.25) is 0 Å². The second-order valence-electron chi connectivity index (χ2n) is 5.53.